The van der Waals surface area contributed by atoms with E-state index in [0.29, 0.717) is 5.75 Å². The Kier molecular flexibility index (Phi) is 7.65. The van der Waals surface area contributed by atoms with Crippen LogP contribution in [0.2, 0.25) is 0 Å². The Morgan fingerprint density at radius 2 is 1.71 bits per heavy atom. The molecule has 2 atom stereocenters. The molecule has 0 aromatic heterocycles. The highest BCUT2D eigenvalue weighted by atomic mass is 32.2. The van der Waals surface area contributed by atoms with Crippen LogP contribution in [0.25, 0.3) is 0 Å². The molecule has 0 aliphatic heterocycles. The van der Waals surface area contributed by atoms with Gasteiger partial charge in [-0.15, -0.1) is 0 Å². The molecule has 0 spiro atoms. The predicted octanol–water partition coefficient (Wildman–Crippen LogP) is 1.29. The molecule has 1 aromatic carbocycles. The molecular weight excluding hydrogens is 332 g/mol. The van der Waals surface area contributed by atoms with Crippen molar-refractivity contribution >= 4 is 15.9 Å². The number of methoxy groups -OCH3 is 1. The normalized spacial score (nSPS) is 14.2. The first kappa shape index (κ1) is 20.4. The minimum Gasteiger partial charge on any atom is -0.481 e. The quantitative estimate of drug-likeness (QED) is 0.694. The summed E-state index contributed by atoms with van der Waals surface area (Å²) in [6.07, 6.45) is -0.672. The van der Waals surface area contributed by atoms with Gasteiger partial charge in [-0.05, 0) is 52.0 Å². The van der Waals surface area contributed by atoms with Crippen LogP contribution in [0.5, 0.6) is 5.75 Å². The van der Waals surface area contributed by atoms with Crippen LogP contribution in [0.4, 0.5) is 0 Å². The number of carbonyl (C=O) groups is 1. The van der Waals surface area contributed by atoms with E-state index in [0.717, 1.165) is 0 Å². The number of hydrogen-bond donors (Lipinski definition) is 2. The van der Waals surface area contributed by atoms with Gasteiger partial charge in [-0.2, -0.15) is 0 Å². The predicted molar refractivity (Wildman–Crippen MR) is 91.5 cm³/mol. The summed E-state index contributed by atoms with van der Waals surface area (Å²) in [5, 5.41) is 2.75. The van der Waals surface area contributed by atoms with Gasteiger partial charge < -0.3 is 14.8 Å². The van der Waals surface area contributed by atoms with Crippen molar-refractivity contribution in [1.29, 1.82) is 0 Å². The summed E-state index contributed by atoms with van der Waals surface area (Å²) in [4.78, 5) is 11.9. The van der Waals surface area contributed by atoms with E-state index in [1.165, 1.54) is 31.4 Å². The summed E-state index contributed by atoms with van der Waals surface area (Å²) < 4.78 is 37.4. The smallest absolute Gasteiger partial charge is 0.260 e. The third-order valence-corrected chi connectivity index (χ3v) is 4.63. The highest BCUT2D eigenvalue weighted by molar-refractivity contribution is 7.89. The van der Waals surface area contributed by atoms with Gasteiger partial charge in [0.1, 0.15) is 5.75 Å². The number of rotatable bonds is 9. The van der Waals surface area contributed by atoms with E-state index >= 15 is 0 Å². The number of hydrogen-bond acceptors (Lipinski definition) is 5. The number of ether oxygens (including phenoxy) is 2. The van der Waals surface area contributed by atoms with Gasteiger partial charge in [-0.25, -0.2) is 13.1 Å². The maximum atomic E-state index is 12.2. The summed E-state index contributed by atoms with van der Waals surface area (Å²) >= 11 is 0. The minimum atomic E-state index is -3.62. The number of benzene rings is 1. The Morgan fingerprint density at radius 3 is 2.21 bits per heavy atom. The Labute approximate surface area is 143 Å². The standard InChI is InChI=1S/C16H26N2O5S/c1-11(2)17-16(19)13(4)23-14-6-8-15(9-7-14)24(20,21)18-12(3)10-22-5/h6-9,11-13,18H,10H2,1-5H3,(H,17,19)/t12-,13+/m1/s1. The van der Waals surface area contributed by atoms with Crippen LogP contribution in [-0.4, -0.2) is 46.2 Å². The Hall–Kier alpha value is -1.64. The van der Waals surface area contributed by atoms with Crippen molar-refractivity contribution in [2.45, 2.75) is 50.8 Å². The molecule has 2 N–H and O–H groups in total. The molecule has 0 saturated carbocycles. The van der Waals surface area contributed by atoms with E-state index in [1.54, 1.807) is 13.8 Å². The maximum absolute atomic E-state index is 12.2. The molecule has 7 nitrogen and oxygen atoms in total. The lowest BCUT2D eigenvalue weighted by Gasteiger charge is -2.17. The molecule has 1 amide bonds. The number of nitrogens with one attached hydrogen (secondary N) is 2. The third kappa shape index (κ3) is 6.46. The molecule has 0 heterocycles. The van der Waals surface area contributed by atoms with E-state index in [2.05, 4.69) is 10.0 Å². The number of amides is 1. The minimum absolute atomic E-state index is 0.0243. The van der Waals surface area contributed by atoms with Crippen LogP contribution in [0, 0.1) is 0 Å². The summed E-state index contributed by atoms with van der Waals surface area (Å²) in [5.74, 6) is 0.196. The van der Waals surface area contributed by atoms with Crippen LogP contribution in [-0.2, 0) is 19.6 Å². The van der Waals surface area contributed by atoms with Crippen LogP contribution in [0.3, 0.4) is 0 Å². The summed E-state index contributed by atoms with van der Waals surface area (Å²) in [7, 11) is -2.12. The fraction of sp³-hybridized carbons (Fsp3) is 0.562. The lowest BCUT2D eigenvalue weighted by molar-refractivity contribution is -0.127. The SMILES string of the molecule is COC[C@@H](C)NS(=O)(=O)c1ccc(O[C@@H](C)C(=O)NC(C)C)cc1. The fourth-order valence-electron chi connectivity index (χ4n) is 1.97. The molecule has 1 rings (SSSR count). The molecule has 0 aliphatic carbocycles. The topological polar surface area (TPSA) is 93.7 Å². The molecular formula is C16H26N2O5S. The monoisotopic (exact) mass is 358 g/mol. The Balaban J connectivity index is 2.73. The zero-order chi connectivity index (χ0) is 18.3. The van der Waals surface area contributed by atoms with Crippen LogP contribution < -0.4 is 14.8 Å². The van der Waals surface area contributed by atoms with Gasteiger partial charge in [0.15, 0.2) is 6.10 Å². The molecule has 0 fully saturated rings. The first-order valence-corrected chi connectivity index (χ1v) is 9.22. The first-order valence-electron chi connectivity index (χ1n) is 7.74. The van der Waals surface area contributed by atoms with Crippen molar-refractivity contribution < 1.29 is 22.7 Å². The average molecular weight is 358 g/mol. The molecule has 0 radical (unpaired) electrons. The number of sulfonamides is 1. The largest absolute Gasteiger partial charge is 0.481 e. The van der Waals surface area contributed by atoms with Gasteiger partial charge in [-0.1, -0.05) is 0 Å². The van der Waals surface area contributed by atoms with Crippen molar-refractivity contribution in [3.63, 3.8) is 0 Å². The second-order valence-corrected chi connectivity index (χ2v) is 7.59. The zero-order valence-corrected chi connectivity index (χ0v) is 15.5. The third-order valence-electron chi connectivity index (χ3n) is 3.02. The van der Waals surface area contributed by atoms with Crippen LogP contribution in [0.15, 0.2) is 29.2 Å². The highest BCUT2D eigenvalue weighted by Crippen LogP contribution is 2.17. The Bertz CT molecular complexity index is 628. The molecule has 0 bridgehead atoms. The van der Waals surface area contributed by atoms with E-state index in [9.17, 15) is 13.2 Å². The Morgan fingerprint density at radius 1 is 1.12 bits per heavy atom. The van der Waals surface area contributed by atoms with Crippen molar-refractivity contribution in [3.8, 4) is 5.75 Å². The molecule has 0 aliphatic rings. The van der Waals surface area contributed by atoms with Gasteiger partial charge in [0.2, 0.25) is 10.0 Å². The van der Waals surface area contributed by atoms with Gasteiger partial charge >= 0.3 is 0 Å². The van der Waals surface area contributed by atoms with Crippen molar-refractivity contribution in [1.82, 2.24) is 10.0 Å². The molecule has 0 unspecified atom stereocenters. The second kappa shape index (κ2) is 9.00. The fourth-order valence-corrected chi connectivity index (χ4v) is 3.20. The molecule has 136 valence electrons. The van der Waals surface area contributed by atoms with Crippen LogP contribution in [0.1, 0.15) is 27.7 Å². The highest BCUT2D eigenvalue weighted by Gasteiger charge is 2.19. The van der Waals surface area contributed by atoms with E-state index in [4.69, 9.17) is 9.47 Å². The van der Waals surface area contributed by atoms with E-state index in [-0.39, 0.29) is 29.5 Å². The lowest BCUT2D eigenvalue weighted by atomic mass is 10.3. The zero-order valence-electron chi connectivity index (χ0n) is 14.7. The maximum Gasteiger partial charge on any atom is 0.260 e. The summed E-state index contributed by atoms with van der Waals surface area (Å²) in [6, 6.07) is 5.60. The molecule has 1 aromatic rings. The van der Waals surface area contributed by atoms with Crippen LogP contribution >= 0.6 is 0 Å². The second-order valence-electron chi connectivity index (χ2n) is 5.87. The first-order chi connectivity index (χ1) is 11.2. The lowest BCUT2D eigenvalue weighted by Crippen LogP contribution is -2.40. The van der Waals surface area contributed by atoms with Gasteiger partial charge in [0, 0.05) is 19.2 Å². The van der Waals surface area contributed by atoms with Crippen molar-refractivity contribution in [3.05, 3.63) is 24.3 Å². The van der Waals surface area contributed by atoms with Crippen molar-refractivity contribution in [2.75, 3.05) is 13.7 Å². The van der Waals surface area contributed by atoms with Gasteiger partial charge in [0.25, 0.3) is 5.91 Å². The summed E-state index contributed by atoms with van der Waals surface area (Å²) in [6.45, 7) is 7.36. The van der Waals surface area contributed by atoms with Gasteiger partial charge in [-0.3, -0.25) is 4.79 Å². The van der Waals surface area contributed by atoms with E-state index in [1.807, 2.05) is 13.8 Å². The molecule has 24 heavy (non-hydrogen) atoms. The molecule has 0 saturated heterocycles. The van der Waals surface area contributed by atoms with Crippen molar-refractivity contribution in [2.24, 2.45) is 0 Å². The number of carbonyl (C=O) groups excluding carboxylic acids is 1. The summed E-state index contributed by atoms with van der Waals surface area (Å²) in [5.41, 5.74) is 0. The van der Waals surface area contributed by atoms with E-state index < -0.39 is 16.1 Å². The van der Waals surface area contributed by atoms with Gasteiger partial charge in [0.05, 0.1) is 11.5 Å². The molecule has 8 heteroatoms. The average Bonchev–Trinajstić information content (AvgIpc) is 2.46.